The first kappa shape index (κ1) is 9.97. The first-order valence-electron chi connectivity index (χ1n) is 5.78. The second-order valence-electron chi connectivity index (χ2n) is 4.68. The minimum atomic E-state index is -0.269. The van der Waals surface area contributed by atoms with Crippen molar-refractivity contribution in [2.45, 2.75) is 51.1 Å². The summed E-state index contributed by atoms with van der Waals surface area (Å²) in [5.41, 5.74) is 5.79. The first-order chi connectivity index (χ1) is 6.72. The molecule has 1 saturated carbocycles. The summed E-state index contributed by atoms with van der Waals surface area (Å²) in [5, 5.41) is 0. The molecule has 0 radical (unpaired) electrons. The van der Waals surface area contributed by atoms with Crippen molar-refractivity contribution in [1.82, 2.24) is 4.90 Å². The minimum absolute atomic E-state index is 0.182. The number of carbonyl (C=O) groups is 1. The summed E-state index contributed by atoms with van der Waals surface area (Å²) in [6, 6.07) is 0.236. The van der Waals surface area contributed by atoms with Crippen molar-refractivity contribution >= 4 is 5.91 Å². The number of nitrogens with two attached hydrogens (primary N) is 1. The molecule has 0 unspecified atom stereocenters. The van der Waals surface area contributed by atoms with Crippen molar-refractivity contribution in [3.8, 4) is 0 Å². The molecule has 3 fully saturated rings. The third-order valence-corrected chi connectivity index (χ3v) is 3.75. The van der Waals surface area contributed by atoms with Crippen LogP contribution in [0.3, 0.4) is 0 Å². The Kier molecular flexibility index (Phi) is 2.77. The molecule has 2 heterocycles. The van der Waals surface area contributed by atoms with Crippen LogP contribution in [-0.2, 0) is 4.79 Å². The largest absolute Gasteiger partial charge is 0.338 e. The fourth-order valence-corrected chi connectivity index (χ4v) is 2.72. The molecule has 14 heavy (non-hydrogen) atoms. The molecule has 3 nitrogen and oxygen atoms in total. The predicted molar refractivity (Wildman–Crippen MR) is 55.7 cm³/mol. The van der Waals surface area contributed by atoms with Gasteiger partial charge in [-0.05, 0) is 38.0 Å². The standard InChI is InChI=1S/C11H20N2O/c1-2-10(12)11(14)13-7-8-3-5-9(13)6-4-8/h8-10H,2-7,12H2,1H3/t8?,9?,10-/m0/s1. The van der Waals surface area contributed by atoms with E-state index in [0.717, 1.165) is 18.9 Å². The number of rotatable bonds is 2. The van der Waals surface area contributed by atoms with Crippen LogP contribution in [0.4, 0.5) is 0 Å². The summed E-state index contributed by atoms with van der Waals surface area (Å²) in [4.78, 5) is 14.0. The van der Waals surface area contributed by atoms with Crippen LogP contribution in [-0.4, -0.2) is 29.4 Å². The summed E-state index contributed by atoms with van der Waals surface area (Å²) in [6.45, 7) is 2.95. The van der Waals surface area contributed by atoms with Crippen LogP contribution in [0.5, 0.6) is 0 Å². The monoisotopic (exact) mass is 196 g/mol. The van der Waals surface area contributed by atoms with E-state index in [-0.39, 0.29) is 11.9 Å². The second-order valence-corrected chi connectivity index (χ2v) is 4.68. The van der Waals surface area contributed by atoms with Crippen molar-refractivity contribution < 1.29 is 4.79 Å². The predicted octanol–water partition coefficient (Wildman–Crippen LogP) is 1.12. The lowest BCUT2D eigenvalue weighted by Crippen LogP contribution is -2.55. The molecule has 2 bridgehead atoms. The van der Waals surface area contributed by atoms with E-state index in [1.807, 2.05) is 11.8 Å². The third-order valence-electron chi connectivity index (χ3n) is 3.75. The van der Waals surface area contributed by atoms with Crippen molar-refractivity contribution in [3.63, 3.8) is 0 Å². The molecule has 1 aliphatic carbocycles. The molecule has 0 aromatic rings. The molecule has 80 valence electrons. The van der Waals surface area contributed by atoms with Gasteiger partial charge in [-0.2, -0.15) is 0 Å². The van der Waals surface area contributed by atoms with Crippen LogP contribution in [0.15, 0.2) is 0 Å². The molecule has 0 spiro atoms. The lowest BCUT2D eigenvalue weighted by molar-refractivity contribution is -0.140. The van der Waals surface area contributed by atoms with Crippen molar-refractivity contribution in [2.24, 2.45) is 11.7 Å². The number of amides is 1. The van der Waals surface area contributed by atoms with Gasteiger partial charge in [0.05, 0.1) is 6.04 Å². The highest BCUT2D eigenvalue weighted by Crippen LogP contribution is 2.34. The number of hydrogen-bond acceptors (Lipinski definition) is 2. The van der Waals surface area contributed by atoms with E-state index in [2.05, 4.69) is 0 Å². The van der Waals surface area contributed by atoms with E-state index in [1.165, 1.54) is 25.7 Å². The molecule has 2 N–H and O–H groups in total. The van der Waals surface area contributed by atoms with Crippen LogP contribution in [0.1, 0.15) is 39.0 Å². The zero-order valence-corrected chi connectivity index (χ0v) is 8.91. The van der Waals surface area contributed by atoms with Gasteiger partial charge in [-0.15, -0.1) is 0 Å². The fraction of sp³-hybridized carbons (Fsp3) is 0.909. The highest BCUT2D eigenvalue weighted by Gasteiger charge is 2.37. The Hall–Kier alpha value is -0.570. The molecule has 2 aliphatic heterocycles. The van der Waals surface area contributed by atoms with E-state index in [0.29, 0.717) is 6.04 Å². The highest BCUT2D eigenvalue weighted by atomic mass is 16.2. The van der Waals surface area contributed by atoms with E-state index in [1.54, 1.807) is 0 Å². The zero-order valence-electron chi connectivity index (χ0n) is 8.91. The smallest absolute Gasteiger partial charge is 0.239 e. The molecule has 0 aromatic carbocycles. The van der Waals surface area contributed by atoms with Crippen LogP contribution in [0.25, 0.3) is 0 Å². The molecule has 0 aromatic heterocycles. The maximum absolute atomic E-state index is 11.9. The maximum atomic E-state index is 11.9. The van der Waals surface area contributed by atoms with Gasteiger partial charge >= 0.3 is 0 Å². The number of nitrogens with zero attached hydrogens (tertiary/aromatic N) is 1. The maximum Gasteiger partial charge on any atom is 0.239 e. The SMILES string of the molecule is CC[C@H](N)C(=O)N1CC2CCC1CC2. The normalized spacial score (nSPS) is 33.1. The van der Waals surface area contributed by atoms with Gasteiger partial charge in [0.15, 0.2) is 0 Å². The third kappa shape index (κ3) is 1.65. The zero-order chi connectivity index (χ0) is 10.1. The minimum Gasteiger partial charge on any atom is -0.338 e. The molecule has 1 amide bonds. The summed E-state index contributed by atoms with van der Waals surface area (Å²) >= 11 is 0. The Morgan fingerprint density at radius 3 is 2.50 bits per heavy atom. The van der Waals surface area contributed by atoms with Crippen LogP contribution < -0.4 is 5.73 Å². The highest BCUT2D eigenvalue weighted by molar-refractivity contribution is 5.82. The number of piperidine rings is 2. The summed E-state index contributed by atoms with van der Waals surface area (Å²) < 4.78 is 0. The van der Waals surface area contributed by atoms with Gasteiger partial charge in [-0.25, -0.2) is 0 Å². The van der Waals surface area contributed by atoms with Crippen molar-refractivity contribution in [2.75, 3.05) is 6.54 Å². The van der Waals surface area contributed by atoms with Gasteiger partial charge in [-0.3, -0.25) is 4.79 Å². The average Bonchev–Trinajstić information content (AvgIpc) is 2.28. The molecule has 3 rings (SSSR count). The Labute approximate surface area is 85.6 Å². The van der Waals surface area contributed by atoms with Crippen molar-refractivity contribution in [3.05, 3.63) is 0 Å². The van der Waals surface area contributed by atoms with Crippen LogP contribution >= 0.6 is 0 Å². The van der Waals surface area contributed by atoms with Crippen LogP contribution in [0, 0.1) is 5.92 Å². The molecule has 1 atom stereocenters. The molecular formula is C11H20N2O. The summed E-state index contributed by atoms with van der Waals surface area (Å²) in [5.74, 6) is 0.940. The van der Waals surface area contributed by atoms with E-state index < -0.39 is 0 Å². The second kappa shape index (κ2) is 3.89. The van der Waals surface area contributed by atoms with Gasteiger partial charge in [0.2, 0.25) is 5.91 Å². The molecule has 3 heteroatoms. The number of fused-ring (bicyclic) bond motifs is 3. The van der Waals surface area contributed by atoms with Gasteiger partial charge in [0, 0.05) is 12.6 Å². The Balaban J connectivity index is 2.01. The summed E-state index contributed by atoms with van der Waals surface area (Å²) in [7, 11) is 0. The summed E-state index contributed by atoms with van der Waals surface area (Å²) in [6.07, 6.45) is 5.79. The molecule has 3 aliphatic rings. The average molecular weight is 196 g/mol. The Morgan fingerprint density at radius 2 is 2.07 bits per heavy atom. The van der Waals surface area contributed by atoms with Gasteiger partial charge in [0.1, 0.15) is 0 Å². The van der Waals surface area contributed by atoms with Gasteiger partial charge in [-0.1, -0.05) is 6.92 Å². The van der Waals surface area contributed by atoms with Crippen molar-refractivity contribution in [1.29, 1.82) is 0 Å². The lowest BCUT2D eigenvalue weighted by Gasteiger charge is -2.46. The van der Waals surface area contributed by atoms with Crippen LogP contribution in [0.2, 0.25) is 0 Å². The van der Waals surface area contributed by atoms with E-state index in [9.17, 15) is 4.79 Å². The Morgan fingerprint density at radius 1 is 1.43 bits per heavy atom. The quantitative estimate of drug-likeness (QED) is 0.719. The topological polar surface area (TPSA) is 46.3 Å². The number of hydrogen-bond donors (Lipinski definition) is 1. The van der Waals surface area contributed by atoms with E-state index >= 15 is 0 Å². The molecular weight excluding hydrogens is 176 g/mol. The lowest BCUT2D eigenvalue weighted by atomic mass is 9.79. The Bertz CT molecular complexity index is 221. The molecule has 2 saturated heterocycles. The van der Waals surface area contributed by atoms with Gasteiger partial charge < -0.3 is 10.6 Å². The first-order valence-corrected chi connectivity index (χ1v) is 5.78. The fourth-order valence-electron chi connectivity index (χ4n) is 2.72. The number of carbonyl (C=O) groups excluding carboxylic acids is 1. The van der Waals surface area contributed by atoms with Gasteiger partial charge in [0.25, 0.3) is 0 Å². The van der Waals surface area contributed by atoms with E-state index in [4.69, 9.17) is 5.73 Å².